The Morgan fingerprint density at radius 1 is 1.19 bits per heavy atom. The number of hydrogen-bond donors (Lipinski definition) is 1. The highest BCUT2D eigenvalue weighted by atomic mass is 16.4. The number of β-amino-alcohol motifs (C(OH)–C–C–N with tert-alkyl or cyclic N) is 1. The molecule has 1 aliphatic heterocycles. The van der Waals surface area contributed by atoms with Gasteiger partial charge in [-0.2, -0.15) is 0 Å². The Morgan fingerprint density at radius 2 is 1.91 bits per heavy atom. The van der Waals surface area contributed by atoms with Crippen LogP contribution >= 0.6 is 0 Å². The van der Waals surface area contributed by atoms with Crippen molar-refractivity contribution in [3.8, 4) is 0 Å². The molecule has 6 rings (SSSR count). The van der Waals surface area contributed by atoms with E-state index in [1.165, 1.54) is 10.5 Å². The van der Waals surface area contributed by atoms with Crippen molar-refractivity contribution in [3.05, 3.63) is 11.6 Å². The molecule has 0 radical (unpaired) electrons. The molecule has 1 heterocycles. The van der Waals surface area contributed by atoms with Crippen LogP contribution in [0.4, 0.5) is 0 Å². The van der Waals surface area contributed by atoms with Gasteiger partial charge < -0.3 is 15.0 Å². The molecule has 6 aliphatic rings. The molecule has 1 saturated heterocycles. The van der Waals surface area contributed by atoms with E-state index >= 15 is 0 Å². The van der Waals surface area contributed by atoms with E-state index in [2.05, 4.69) is 26.8 Å². The Labute approximate surface area is 190 Å². The minimum absolute atomic E-state index is 0.0266. The summed E-state index contributed by atoms with van der Waals surface area (Å²) in [5.41, 5.74) is -0.129. The Kier molecular flexibility index (Phi) is 4.78. The van der Waals surface area contributed by atoms with Gasteiger partial charge in [0.2, 0.25) is 11.8 Å². The zero-order valence-corrected chi connectivity index (χ0v) is 19.7. The standard InChI is InChI=1S/C26H37NO5/c1-14(2)16-13-26-9-6-17-24(3,7-5-8-25(17,4)23(31)32)18(26)12-15(16)19-20(26)22(30)27(10-11-28)21(19)29/h13-15,17-20,28H,5-12H2,1-4H3,(H,31,32)/p-1/t15-,17+,18-,19+,20+,24-,25+,26-/m0/s1. The fraction of sp³-hybridized carbons (Fsp3) is 0.808. The molecule has 1 spiro atoms. The first-order valence-corrected chi connectivity index (χ1v) is 12.4. The third-order valence-electron chi connectivity index (χ3n) is 10.6. The van der Waals surface area contributed by atoms with Gasteiger partial charge in [0, 0.05) is 16.8 Å². The third-order valence-corrected chi connectivity index (χ3v) is 10.6. The van der Waals surface area contributed by atoms with Crippen LogP contribution in [-0.2, 0) is 14.4 Å². The number of allylic oxidation sites excluding steroid dienone is 2. The summed E-state index contributed by atoms with van der Waals surface area (Å²) in [4.78, 5) is 40.6. The van der Waals surface area contributed by atoms with Crippen LogP contribution in [0.3, 0.4) is 0 Å². The van der Waals surface area contributed by atoms with Crippen molar-refractivity contribution in [3.63, 3.8) is 0 Å². The summed E-state index contributed by atoms with van der Waals surface area (Å²) < 4.78 is 0. The first-order chi connectivity index (χ1) is 15.0. The molecular formula is C26H36NO5-. The van der Waals surface area contributed by atoms with Crippen LogP contribution in [-0.4, -0.2) is 40.9 Å². The summed E-state index contributed by atoms with van der Waals surface area (Å²) in [5.74, 6) is -1.33. The topological polar surface area (TPSA) is 97.7 Å². The smallest absolute Gasteiger partial charge is 0.234 e. The monoisotopic (exact) mass is 442 g/mol. The van der Waals surface area contributed by atoms with Crippen LogP contribution in [0.1, 0.15) is 66.2 Å². The van der Waals surface area contributed by atoms with Gasteiger partial charge in [0.1, 0.15) is 0 Å². The van der Waals surface area contributed by atoms with Crippen LogP contribution in [0, 0.1) is 51.8 Å². The number of fused-ring (bicyclic) bond motifs is 1. The second kappa shape index (κ2) is 6.91. The van der Waals surface area contributed by atoms with Crippen LogP contribution in [0.15, 0.2) is 11.6 Å². The summed E-state index contributed by atoms with van der Waals surface area (Å²) in [7, 11) is 0. The van der Waals surface area contributed by atoms with Crippen LogP contribution in [0.5, 0.6) is 0 Å². The maximum atomic E-state index is 13.6. The number of nitrogens with zero attached hydrogens (tertiary/aromatic N) is 1. The van der Waals surface area contributed by atoms with Crippen molar-refractivity contribution in [2.45, 2.75) is 66.2 Å². The normalized spacial score (nSPS) is 47.2. The molecule has 4 fully saturated rings. The Hall–Kier alpha value is -1.69. The number of carboxylic acid groups (broad SMARTS) is 1. The Balaban J connectivity index is 1.65. The highest BCUT2D eigenvalue weighted by molar-refractivity contribution is 6.06. The Morgan fingerprint density at radius 3 is 2.53 bits per heavy atom. The molecule has 0 aromatic rings. The summed E-state index contributed by atoms with van der Waals surface area (Å²) in [5, 5.41) is 21.8. The number of aliphatic hydroxyl groups excluding tert-OH is 1. The van der Waals surface area contributed by atoms with E-state index in [9.17, 15) is 24.6 Å². The van der Waals surface area contributed by atoms with Crippen molar-refractivity contribution in [1.82, 2.24) is 4.90 Å². The van der Waals surface area contributed by atoms with Crippen molar-refractivity contribution >= 4 is 17.8 Å². The molecule has 2 amide bonds. The molecule has 0 aromatic heterocycles. The van der Waals surface area contributed by atoms with Gasteiger partial charge in [-0.15, -0.1) is 0 Å². The van der Waals surface area contributed by atoms with Gasteiger partial charge in [-0.25, -0.2) is 0 Å². The number of aliphatic hydroxyl groups is 1. The number of likely N-dealkylation sites (tertiary alicyclic amines) is 1. The van der Waals surface area contributed by atoms with Crippen LogP contribution in [0.2, 0.25) is 0 Å². The molecule has 0 aromatic carbocycles. The molecule has 32 heavy (non-hydrogen) atoms. The minimum Gasteiger partial charge on any atom is -0.550 e. The van der Waals surface area contributed by atoms with Crippen molar-refractivity contribution in [2.24, 2.45) is 51.8 Å². The first kappa shape index (κ1) is 22.1. The number of imide groups is 1. The SMILES string of the molecule is CC(C)C1=C[C@@]23CC[C@@H]4[C@](C)(CCC[C@@]4(C)C(=O)[O-])[C@@H]2C[C@@H]1[C@H]1C(=O)N(CCO)C(=O)[C@@H]13. The second-order valence-electron chi connectivity index (χ2n) is 12.0. The predicted octanol–water partition coefficient (Wildman–Crippen LogP) is 2.15. The van der Waals surface area contributed by atoms with E-state index in [1.807, 2.05) is 6.92 Å². The zero-order valence-electron chi connectivity index (χ0n) is 19.7. The molecule has 2 bridgehead atoms. The highest BCUT2D eigenvalue weighted by Gasteiger charge is 2.72. The summed E-state index contributed by atoms with van der Waals surface area (Å²) in [6.45, 7) is 8.32. The molecule has 6 nitrogen and oxygen atoms in total. The van der Waals surface area contributed by atoms with Crippen molar-refractivity contribution < 1.29 is 24.6 Å². The van der Waals surface area contributed by atoms with E-state index in [0.29, 0.717) is 12.3 Å². The molecule has 5 aliphatic carbocycles. The Bertz CT molecular complexity index is 910. The number of carbonyl (C=O) groups excluding carboxylic acids is 3. The molecule has 3 saturated carbocycles. The predicted molar refractivity (Wildman–Crippen MR) is 116 cm³/mol. The molecule has 1 N–H and O–H groups in total. The van der Waals surface area contributed by atoms with Gasteiger partial charge in [-0.05, 0) is 61.2 Å². The first-order valence-electron chi connectivity index (χ1n) is 12.4. The zero-order chi connectivity index (χ0) is 23.2. The summed E-state index contributed by atoms with van der Waals surface area (Å²) >= 11 is 0. The lowest BCUT2D eigenvalue weighted by Gasteiger charge is -2.69. The molecular weight excluding hydrogens is 406 g/mol. The van der Waals surface area contributed by atoms with Gasteiger partial charge >= 0.3 is 0 Å². The average molecular weight is 443 g/mol. The highest BCUT2D eigenvalue weighted by Crippen LogP contribution is 2.74. The fourth-order valence-corrected chi connectivity index (χ4v) is 9.33. The second-order valence-corrected chi connectivity index (χ2v) is 12.0. The van der Waals surface area contributed by atoms with Gasteiger partial charge in [0.05, 0.1) is 25.0 Å². The molecule has 8 atom stereocenters. The maximum absolute atomic E-state index is 13.6. The molecule has 0 unspecified atom stereocenters. The van der Waals surface area contributed by atoms with Gasteiger partial charge in [0.25, 0.3) is 0 Å². The largest absolute Gasteiger partial charge is 0.550 e. The number of carbonyl (C=O) groups is 3. The fourth-order valence-electron chi connectivity index (χ4n) is 9.33. The molecule has 176 valence electrons. The van der Waals surface area contributed by atoms with Crippen LogP contribution in [0.25, 0.3) is 0 Å². The van der Waals surface area contributed by atoms with Gasteiger partial charge in [-0.1, -0.05) is 45.8 Å². The number of amides is 2. The van der Waals surface area contributed by atoms with Crippen molar-refractivity contribution in [1.29, 1.82) is 0 Å². The third kappa shape index (κ3) is 2.48. The molecule has 6 heteroatoms. The number of aliphatic carboxylic acids is 1. The lowest BCUT2D eigenvalue weighted by Crippen LogP contribution is -2.66. The van der Waals surface area contributed by atoms with Crippen molar-refractivity contribution in [2.75, 3.05) is 13.2 Å². The van der Waals surface area contributed by atoms with E-state index < -0.39 is 16.8 Å². The van der Waals surface area contributed by atoms with E-state index in [-0.39, 0.29) is 60.0 Å². The van der Waals surface area contributed by atoms with E-state index in [4.69, 9.17) is 0 Å². The number of carboxylic acids is 1. The lowest BCUT2D eigenvalue weighted by molar-refractivity contribution is -0.328. The number of rotatable bonds is 4. The van der Waals surface area contributed by atoms with Gasteiger partial charge in [-0.3, -0.25) is 14.5 Å². The van der Waals surface area contributed by atoms with Gasteiger partial charge in [0.15, 0.2) is 0 Å². The van der Waals surface area contributed by atoms with E-state index in [0.717, 1.165) is 32.1 Å². The minimum atomic E-state index is -0.942. The van der Waals surface area contributed by atoms with Crippen LogP contribution < -0.4 is 5.11 Å². The lowest BCUT2D eigenvalue weighted by atomic mass is 9.34. The maximum Gasteiger partial charge on any atom is 0.234 e. The summed E-state index contributed by atoms with van der Waals surface area (Å²) in [6.07, 6.45) is 7.19. The summed E-state index contributed by atoms with van der Waals surface area (Å²) in [6, 6.07) is 0. The quantitative estimate of drug-likeness (QED) is 0.531. The average Bonchev–Trinajstić information content (AvgIpc) is 3.00. The van der Waals surface area contributed by atoms with E-state index in [1.54, 1.807) is 0 Å². The number of hydrogen-bond acceptors (Lipinski definition) is 5.